The number of amides is 1. The maximum atomic E-state index is 13.2. The molecule has 0 atom stereocenters. The third-order valence-corrected chi connectivity index (χ3v) is 4.74. The molecule has 6 nitrogen and oxygen atoms in total. The molecule has 0 aromatic rings. The highest BCUT2D eigenvalue weighted by Gasteiger charge is 2.57. The third kappa shape index (κ3) is 4.14. The van der Waals surface area contributed by atoms with Gasteiger partial charge < -0.3 is 20.7 Å². The van der Waals surface area contributed by atoms with Gasteiger partial charge in [-0.15, -0.1) is 0 Å². The predicted octanol–water partition coefficient (Wildman–Crippen LogP) is -0.00610. The molecule has 0 bridgehead atoms. The lowest BCUT2D eigenvalue weighted by atomic mass is 9.89. The first-order chi connectivity index (χ1) is 10.8. The zero-order valence-corrected chi connectivity index (χ0v) is 13.4. The number of alkyl halides is 3. The second-order valence-electron chi connectivity index (χ2n) is 6.27. The number of hydrogen-bond acceptors (Lipinski definition) is 5. The van der Waals surface area contributed by atoms with E-state index in [2.05, 4.69) is 17.1 Å². The van der Waals surface area contributed by atoms with Crippen LogP contribution in [0.2, 0.25) is 0 Å². The van der Waals surface area contributed by atoms with Crippen molar-refractivity contribution in [1.82, 2.24) is 15.1 Å². The molecule has 0 aliphatic carbocycles. The first-order valence-electron chi connectivity index (χ1n) is 7.95. The number of likely N-dealkylation sites (tertiary alicyclic amines) is 1. The van der Waals surface area contributed by atoms with Crippen molar-refractivity contribution in [3.05, 3.63) is 0 Å². The first-order valence-corrected chi connectivity index (χ1v) is 7.95. The van der Waals surface area contributed by atoms with E-state index in [4.69, 9.17) is 10.5 Å². The predicted molar refractivity (Wildman–Crippen MR) is 78.6 cm³/mol. The van der Waals surface area contributed by atoms with Crippen LogP contribution in [0.25, 0.3) is 0 Å². The second kappa shape index (κ2) is 7.33. The van der Waals surface area contributed by atoms with Gasteiger partial charge in [0.25, 0.3) is 0 Å². The average molecular weight is 338 g/mol. The SMILES string of the molecule is CCC1CN(CCOCCN(C(F)(F)F)C2(C(N)=O)CNC2)C1. The van der Waals surface area contributed by atoms with Gasteiger partial charge in [0.2, 0.25) is 5.91 Å². The van der Waals surface area contributed by atoms with E-state index in [1.165, 1.54) is 0 Å². The Labute approximate surface area is 134 Å². The summed E-state index contributed by atoms with van der Waals surface area (Å²) in [6.07, 6.45) is -3.46. The molecule has 0 saturated carbocycles. The molecule has 2 aliphatic rings. The van der Waals surface area contributed by atoms with Gasteiger partial charge in [-0.25, -0.2) is 0 Å². The molecule has 0 aromatic carbocycles. The highest BCUT2D eigenvalue weighted by molar-refractivity contribution is 5.86. The van der Waals surface area contributed by atoms with Crippen LogP contribution in [0, 0.1) is 5.92 Å². The Morgan fingerprint density at radius 1 is 1.39 bits per heavy atom. The number of hydrogen-bond donors (Lipinski definition) is 2. The van der Waals surface area contributed by atoms with E-state index < -0.39 is 24.3 Å². The Morgan fingerprint density at radius 3 is 2.48 bits per heavy atom. The van der Waals surface area contributed by atoms with Crippen molar-refractivity contribution in [2.75, 3.05) is 52.5 Å². The number of halogens is 3. The summed E-state index contributed by atoms with van der Waals surface area (Å²) < 4.78 is 44.9. The van der Waals surface area contributed by atoms with Crippen LogP contribution in [0.5, 0.6) is 0 Å². The van der Waals surface area contributed by atoms with Gasteiger partial charge >= 0.3 is 6.30 Å². The van der Waals surface area contributed by atoms with Gasteiger partial charge in [-0.2, -0.15) is 18.1 Å². The molecule has 2 aliphatic heterocycles. The quantitative estimate of drug-likeness (QED) is 0.457. The fourth-order valence-corrected chi connectivity index (χ4v) is 3.01. The topological polar surface area (TPSA) is 70.8 Å². The fraction of sp³-hybridized carbons (Fsp3) is 0.929. The lowest BCUT2D eigenvalue weighted by Crippen LogP contribution is -2.77. The summed E-state index contributed by atoms with van der Waals surface area (Å²) >= 11 is 0. The number of ether oxygens (including phenoxy) is 1. The van der Waals surface area contributed by atoms with E-state index in [0.717, 1.165) is 32.0 Å². The lowest BCUT2D eigenvalue weighted by Gasteiger charge is -2.48. The molecule has 1 amide bonds. The maximum absolute atomic E-state index is 13.2. The van der Waals surface area contributed by atoms with E-state index in [0.29, 0.717) is 6.61 Å². The molecule has 0 aromatic heterocycles. The zero-order valence-electron chi connectivity index (χ0n) is 13.4. The van der Waals surface area contributed by atoms with E-state index in [-0.39, 0.29) is 24.6 Å². The standard InChI is InChI=1S/C14H25F3N4O2/c1-2-11-7-20(8-11)3-5-23-6-4-21(14(15,16)17)13(12(18)22)9-19-10-13/h11,19H,2-10H2,1H3,(H2,18,22). The molecule has 0 unspecified atom stereocenters. The molecule has 9 heteroatoms. The van der Waals surface area contributed by atoms with E-state index in [1.54, 1.807) is 0 Å². The van der Waals surface area contributed by atoms with Crippen molar-refractivity contribution in [2.24, 2.45) is 11.7 Å². The Morgan fingerprint density at radius 2 is 2.04 bits per heavy atom. The Bertz CT molecular complexity index is 409. The summed E-state index contributed by atoms with van der Waals surface area (Å²) in [7, 11) is 0. The van der Waals surface area contributed by atoms with Gasteiger partial charge in [-0.05, 0) is 5.92 Å². The minimum atomic E-state index is -4.62. The molecule has 2 fully saturated rings. The number of primary amides is 1. The molecule has 2 heterocycles. The van der Waals surface area contributed by atoms with Crippen molar-refractivity contribution in [3.63, 3.8) is 0 Å². The second-order valence-corrected chi connectivity index (χ2v) is 6.27. The van der Waals surface area contributed by atoms with Gasteiger partial charge in [-0.3, -0.25) is 4.79 Å². The summed E-state index contributed by atoms with van der Waals surface area (Å²) in [4.78, 5) is 13.9. The van der Waals surface area contributed by atoms with Crippen LogP contribution in [0.15, 0.2) is 0 Å². The highest BCUT2D eigenvalue weighted by Crippen LogP contribution is 2.32. The van der Waals surface area contributed by atoms with Crippen molar-refractivity contribution in [1.29, 1.82) is 0 Å². The number of nitrogens with one attached hydrogen (secondary N) is 1. The average Bonchev–Trinajstić information content (AvgIpc) is 2.35. The minimum absolute atomic E-state index is 0.0837. The van der Waals surface area contributed by atoms with Crippen molar-refractivity contribution >= 4 is 5.91 Å². The zero-order chi connectivity index (χ0) is 17.1. The van der Waals surface area contributed by atoms with Crippen molar-refractivity contribution in [3.8, 4) is 0 Å². The fourth-order valence-electron chi connectivity index (χ4n) is 3.01. The molecule has 134 valence electrons. The first kappa shape index (κ1) is 18.4. The van der Waals surface area contributed by atoms with Gasteiger partial charge in [0, 0.05) is 39.3 Å². The van der Waals surface area contributed by atoms with Gasteiger partial charge in [0.15, 0.2) is 0 Å². The van der Waals surface area contributed by atoms with Crippen LogP contribution in [0.1, 0.15) is 13.3 Å². The largest absolute Gasteiger partial charge is 0.461 e. The number of carbonyl (C=O) groups is 1. The van der Waals surface area contributed by atoms with Crippen molar-refractivity contribution in [2.45, 2.75) is 25.2 Å². The van der Waals surface area contributed by atoms with Gasteiger partial charge in [-0.1, -0.05) is 13.3 Å². The third-order valence-electron chi connectivity index (χ3n) is 4.74. The molecule has 3 N–H and O–H groups in total. The molecular formula is C14H25F3N4O2. The van der Waals surface area contributed by atoms with Crippen LogP contribution in [0.4, 0.5) is 13.2 Å². The molecule has 2 saturated heterocycles. The smallest absolute Gasteiger partial charge is 0.379 e. The van der Waals surface area contributed by atoms with Crippen LogP contribution < -0.4 is 11.1 Å². The Kier molecular flexibility index (Phi) is 5.88. The van der Waals surface area contributed by atoms with Crippen LogP contribution in [-0.4, -0.2) is 80.0 Å². The molecule has 23 heavy (non-hydrogen) atoms. The molecule has 2 rings (SSSR count). The number of carbonyl (C=O) groups excluding carboxylic acids is 1. The van der Waals surface area contributed by atoms with E-state index in [1.807, 2.05) is 0 Å². The van der Waals surface area contributed by atoms with Gasteiger partial charge in [0.05, 0.1) is 13.2 Å². The lowest BCUT2D eigenvalue weighted by molar-refractivity contribution is -0.281. The summed E-state index contributed by atoms with van der Waals surface area (Å²) in [5.41, 5.74) is 3.50. The molecule has 0 spiro atoms. The van der Waals surface area contributed by atoms with Crippen LogP contribution in [0.3, 0.4) is 0 Å². The summed E-state index contributed by atoms with van der Waals surface area (Å²) in [6.45, 7) is 4.67. The van der Waals surface area contributed by atoms with E-state index >= 15 is 0 Å². The number of nitrogens with zero attached hydrogens (tertiary/aromatic N) is 2. The Balaban J connectivity index is 1.73. The molecular weight excluding hydrogens is 313 g/mol. The monoisotopic (exact) mass is 338 g/mol. The van der Waals surface area contributed by atoms with E-state index in [9.17, 15) is 18.0 Å². The Hall–Kier alpha value is -0.900. The maximum Gasteiger partial charge on any atom is 0.461 e. The number of nitrogens with two attached hydrogens (primary N) is 1. The summed E-state index contributed by atoms with van der Waals surface area (Å²) in [5.74, 6) is -0.225. The highest BCUT2D eigenvalue weighted by atomic mass is 19.4. The normalized spacial score (nSPS) is 22.0. The van der Waals surface area contributed by atoms with Crippen molar-refractivity contribution < 1.29 is 22.7 Å². The summed E-state index contributed by atoms with van der Waals surface area (Å²) in [5, 5.41) is 2.69. The van der Waals surface area contributed by atoms with Gasteiger partial charge in [0.1, 0.15) is 5.54 Å². The van der Waals surface area contributed by atoms with Crippen LogP contribution >= 0.6 is 0 Å². The molecule has 0 radical (unpaired) electrons. The minimum Gasteiger partial charge on any atom is -0.379 e. The summed E-state index contributed by atoms with van der Waals surface area (Å²) in [6, 6.07) is 0. The number of rotatable bonds is 9. The van der Waals surface area contributed by atoms with Crippen LogP contribution in [-0.2, 0) is 9.53 Å².